The molecule has 102 valence electrons. The zero-order valence-electron chi connectivity index (χ0n) is 11.8. The van der Waals surface area contributed by atoms with E-state index in [-0.39, 0.29) is 6.04 Å². The maximum Gasteiger partial charge on any atom is 0.123 e. The Labute approximate surface area is 120 Å². The van der Waals surface area contributed by atoms with Crippen LogP contribution in [-0.4, -0.2) is 19.0 Å². The van der Waals surface area contributed by atoms with Crippen molar-refractivity contribution in [2.75, 3.05) is 14.1 Å². The molecule has 0 amide bonds. The molecule has 0 aliphatic rings. The van der Waals surface area contributed by atoms with Crippen LogP contribution in [-0.2, 0) is 6.61 Å². The second-order valence-electron chi connectivity index (χ2n) is 4.84. The van der Waals surface area contributed by atoms with Gasteiger partial charge < -0.3 is 4.74 Å². The van der Waals surface area contributed by atoms with Crippen molar-refractivity contribution in [3.8, 4) is 11.8 Å². The van der Waals surface area contributed by atoms with Crippen LogP contribution in [0.2, 0.25) is 0 Å². The van der Waals surface area contributed by atoms with Crippen molar-refractivity contribution in [2.24, 2.45) is 0 Å². The van der Waals surface area contributed by atoms with E-state index < -0.39 is 0 Å². The van der Waals surface area contributed by atoms with Crippen LogP contribution >= 0.6 is 0 Å². The molecule has 20 heavy (non-hydrogen) atoms. The number of nitrogens with zero attached hydrogens (tertiary/aromatic N) is 2. The molecule has 0 aliphatic heterocycles. The summed E-state index contributed by atoms with van der Waals surface area (Å²) in [6.07, 6.45) is 0. The van der Waals surface area contributed by atoms with Crippen LogP contribution < -0.4 is 4.74 Å². The highest BCUT2D eigenvalue weighted by Crippen LogP contribution is 2.21. The second-order valence-corrected chi connectivity index (χ2v) is 4.84. The molecule has 0 saturated heterocycles. The molecule has 2 aromatic rings. The van der Waals surface area contributed by atoms with Crippen molar-refractivity contribution in [2.45, 2.75) is 12.6 Å². The topological polar surface area (TPSA) is 36.3 Å². The summed E-state index contributed by atoms with van der Waals surface area (Å²) in [5, 5.41) is 9.15. The van der Waals surface area contributed by atoms with Crippen LogP contribution in [0.3, 0.4) is 0 Å². The average Bonchev–Trinajstić information content (AvgIpc) is 2.48. The molecular formula is C17H18N2O. The average molecular weight is 266 g/mol. The predicted octanol–water partition coefficient (Wildman–Crippen LogP) is 3.39. The molecule has 0 fully saturated rings. The lowest BCUT2D eigenvalue weighted by Gasteiger charge is -2.17. The van der Waals surface area contributed by atoms with E-state index in [1.54, 1.807) is 0 Å². The van der Waals surface area contributed by atoms with E-state index in [1.807, 2.05) is 73.6 Å². The normalized spacial score (nSPS) is 11.9. The molecule has 3 nitrogen and oxygen atoms in total. The Morgan fingerprint density at radius 2 is 1.70 bits per heavy atom. The number of hydrogen-bond donors (Lipinski definition) is 0. The van der Waals surface area contributed by atoms with Crippen molar-refractivity contribution in [1.29, 1.82) is 5.26 Å². The lowest BCUT2D eigenvalue weighted by atomic mass is 10.1. The third-order valence-corrected chi connectivity index (χ3v) is 3.08. The lowest BCUT2D eigenvalue weighted by Crippen LogP contribution is -2.18. The highest BCUT2D eigenvalue weighted by atomic mass is 16.5. The van der Waals surface area contributed by atoms with Crippen molar-refractivity contribution in [1.82, 2.24) is 4.90 Å². The summed E-state index contributed by atoms with van der Waals surface area (Å²) in [5.41, 5.74) is 2.12. The van der Waals surface area contributed by atoms with E-state index in [4.69, 9.17) is 10.00 Å². The monoisotopic (exact) mass is 266 g/mol. The SMILES string of the molecule is CN(C)C(C#N)c1ccc(OCc2ccccc2)cc1. The van der Waals surface area contributed by atoms with E-state index in [0.717, 1.165) is 16.9 Å². The van der Waals surface area contributed by atoms with Gasteiger partial charge in [-0.3, -0.25) is 4.90 Å². The van der Waals surface area contributed by atoms with E-state index in [9.17, 15) is 0 Å². The summed E-state index contributed by atoms with van der Waals surface area (Å²) in [6, 6.07) is 19.8. The summed E-state index contributed by atoms with van der Waals surface area (Å²) >= 11 is 0. The van der Waals surface area contributed by atoms with Gasteiger partial charge in [-0.1, -0.05) is 42.5 Å². The first kappa shape index (κ1) is 14.1. The van der Waals surface area contributed by atoms with Gasteiger partial charge in [-0.05, 0) is 37.4 Å². The van der Waals surface area contributed by atoms with Gasteiger partial charge in [0.25, 0.3) is 0 Å². The fraction of sp³-hybridized carbons (Fsp3) is 0.235. The molecule has 3 heteroatoms. The quantitative estimate of drug-likeness (QED) is 0.832. The van der Waals surface area contributed by atoms with Gasteiger partial charge in [0.15, 0.2) is 0 Å². The van der Waals surface area contributed by atoms with E-state index >= 15 is 0 Å². The number of benzene rings is 2. The highest BCUT2D eigenvalue weighted by molar-refractivity contribution is 5.31. The van der Waals surface area contributed by atoms with Crippen molar-refractivity contribution in [3.05, 3.63) is 65.7 Å². The van der Waals surface area contributed by atoms with Crippen molar-refractivity contribution >= 4 is 0 Å². The largest absolute Gasteiger partial charge is 0.489 e. The Morgan fingerprint density at radius 3 is 2.25 bits per heavy atom. The molecule has 2 rings (SSSR count). The molecular weight excluding hydrogens is 248 g/mol. The Bertz CT molecular complexity index is 570. The summed E-state index contributed by atoms with van der Waals surface area (Å²) in [5.74, 6) is 0.813. The third kappa shape index (κ3) is 3.59. The number of nitriles is 1. The zero-order chi connectivity index (χ0) is 14.4. The summed E-state index contributed by atoms with van der Waals surface area (Å²) in [6.45, 7) is 0.551. The number of hydrogen-bond acceptors (Lipinski definition) is 3. The van der Waals surface area contributed by atoms with Crippen LogP contribution in [0.25, 0.3) is 0 Å². The molecule has 0 bridgehead atoms. The standard InChI is InChI=1S/C17H18N2O/c1-19(2)17(12-18)15-8-10-16(11-9-15)20-13-14-6-4-3-5-7-14/h3-11,17H,13H2,1-2H3. The molecule has 0 aliphatic carbocycles. The molecule has 0 radical (unpaired) electrons. The molecule has 0 spiro atoms. The zero-order valence-corrected chi connectivity index (χ0v) is 11.8. The minimum Gasteiger partial charge on any atom is -0.489 e. The smallest absolute Gasteiger partial charge is 0.123 e. The Balaban J connectivity index is 2.00. The Hall–Kier alpha value is -2.31. The van der Waals surface area contributed by atoms with Gasteiger partial charge in [-0.15, -0.1) is 0 Å². The van der Waals surface area contributed by atoms with Gasteiger partial charge in [-0.25, -0.2) is 0 Å². The molecule has 1 atom stereocenters. The highest BCUT2D eigenvalue weighted by Gasteiger charge is 2.12. The van der Waals surface area contributed by atoms with E-state index in [2.05, 4.69) is 6.07 Å². The van der Waals surface area contributed by atoms with E-state index in [1.165, 1.54) is 0 Å². The predicted molar refractivity (Wildman–Crippen MR) is 79.3 cm³/mol. The van der Waals surface area contributed by atoms with Crippen molar-refractivity contribution in [3.63, 3.8) is 0 Å². The van der Waals surface area contributed by atoms with Gasteiger partial charge in [0.2, 0.25) is 0 Å². The maximum atomic E-state index is 9.15. The minimum atomic E-state index is -0.224. The summed E-state index contributed by atoms with van der Waals surface area (Å²) in [4.78, 5) is 1.89. The Kier molecular flexibility index (Phi) is 4.75. The molecule has 2 aromatic carbocycles. The third-order valence-electron chi connectivity index (χ3n) is 3.08. The van der Waals surface area contributed by atoms with Gasteiger partial charge in [0.1, 0.15) is 18.4 Å². The molecule has 0 N–H and O–H groups in total. The van der Waals surface area contributed by atoms with Gasteiger partial charge in [-0.2, -0.15) is 5.26 Å². The fourth-order valence-corrected chi connectivity index (χ4v) is 1.98. The van der Waals surface area contributed by atoms with Gasteiger partial charge in [0.05, 0.1) is 6.07 Å². The molecule has 1 unspecified atom stereocenters. The second kappa shape index (κ2) is 6.74. The van der Waals surface area contributed by atoms with Gasteiger partial charge in [0, 0.05) is 0 Å². The maximum absolute atomic E-state index is 9.15. The summed E-state index contributed by atoms with van der Waals surface area (Å²) < 4.78 is 5.72. The fourth-order valence-electron chi connectivity index (χ4n) is 1.98. The van der Waals surface area contributed by atoms with Crippen molar-refractivity contribution < 1.29 is 4.74 Å². The molecule has 0 heterocycles. The lowest BCUT2D eigenvalue weighted by molar-refractivity contribution is 0.305. The number of rotatable bonds is 5. The first-order valence-electron chi connectivity index (χ1n) is 6.53. The van der Waals surface area contributed by atoms with Gasteiger partial charge >= 0.3 is 0 Å². The van der Waals surface area contributed by atoms with Crippen LogP contribution in [0.5, 0.6) is 5.75 Å². The van der Waals surface area contributed by atoms with Crippen LogP contribution in [0, 0.1) is 11.3 Å². The first-order valence-corrected chi connectivity index (χ1v) is 6.53. The molecule has 0 saturated carbocycles. The number of ether oxygens (including phenoxy) is 1. The van der Waals surface area contributed by atoms with E-state index in [0.29, 0.717) is 6.61 Å². The summed E-state index contributed by atoms with van der Waals surface area (Å²) in [7, 11) is 3.79. The molecule has 0 aromatic heterocycles. The van der Waals surface area contributed by atoms with Crippen LogP contribution in [0.4, 0.5) is 0 Å². The minimum absolute atomic E-state index is 0.224. The van der Waals surface area contributed by atoms with Crippen LogP contribution in [0.1, 0.15) is 17.2 Å². The first-order chi connectivity index (χ1) is 9.70. The Morgan fingerprint density at radius 1 is 1.05 bits per heavy atom. The van der Waals surface area contributed by atoms with Crippen LogP contribution in [0.15, 0.2) is 54.6 Å².